The Kier molecular flexibility index (Phi) is 4.44. The molecule has 21 heavy (non-hydrogen) atoms. The number of carbonyl (C=O) groups excluding carboxylic acids is 1. The average Bonchev–Trinajstić information content (AvgIpc) is 2.37. The van der Waals surface area contributed by atoms with Crippen molar-refractivity contribution >= 4 is 17.3 Å². The lowest BCUT2D eigenvalue weighted by molar-refractivity contribution is -0.388. The molecule has 1 aromatic carbocycles. The number of halogens is 3. The van der Waals surface area contributed by atoms with E-state index >= 15 is 0 Å². The Morgan fingerprint density at radius 3 is 2.52 bits per heavy atom. The molecule has 0 aromatic heterocycles. The number of carbonyl (C=O) groups is 1. The van der Waals surface area contributed by atoms with Crippen LogP contribution in [-0.4, -0.2) is 16.5 Å². The fourth-order valence-corrected chi connectivity index (χ4v) is 1.18. The Bertz CT molecular complexity index is 663. The molecule has 0 spiro atoms. The van der Waals surface area contributed by atoms with Crippen LogP contribution in [0.2, 0.25) is 0 Å². The molecular formula is C10H5F3N4O4. The van der Waals surface area contributed by atoms with Crippen LogP contribution in [-0.2, 0) is 11.0 Å². The van der Waals surface area contributed by atoms with Crippen molar-refractivity contribution in [3.8, 4) is 11.8 Å². The van der Waals surface area contributed by atoms with Gasteiger partial charge in [-0.15, -0.1) is 0 Å². The number of nitro groups is 1. The van der Waals surface area contributed by atoms with Crippen LogP contribution in [0.1, 0.15) is 5.56 Å². The molecule has 2 N–H and O–H groups in total. The Labute approximate surface area is 114 Å². The Hall–Kier alpha value is -3.16. The van der Waals surface area contributed by atoms with Gasteiger partial charge in [-0.05, 0) is 12.1 Å². The Morgan fingerprint density at radius 2 is 2.10 bits per heavy atom. The standard InChI is InChI=1S/C10H5F3N4O4/c11-10(12,13)6-2-1-5(3-8(6)17(19)20)21-16-7(4-14)9(15)18/h1-3H,(H2,15,18). The van der Waals surface area contributed by atoms with E-state index in [0.29, 0.717) is 12.1 Å². The zero-order valence-electron chi connectivity index (χ0n) is 9.92. The largest absolute Gasteiger partial charge is 0.423 e. The molecule has 0 unspecified atom stereocenters. The highest BCUT2D eigenvalue weighted by molar-refractivity contribution is 6.44. The summed E-state index contributed by atoms with van der Waals surface area (Å²) in [5.41, 5.74) is 1.16. The molecule has 0 fully saturated rings. The van der Waals surface area contributed by atoms with Crippen molar-refractivity contribution in [2.45, 2.75) is 6.18 Å². The van der Waals surface area contributed by atoms with Crippen molar-refractivity contribution in [1.29, 1.82) is 5.26 Å². The van der Waals surface area contributed by atoms with E-state index < -0.39 is 39.7 Å². The van der Waals surface area contributed by atoms with Crippen molar-refractivity contribution in [1.82, 2.24) is 0 Å². The van der Waals surface area contributed by atoms with E-state index in [1.807, 2.05) is 0 Å². The van der Waals surface area contributed by atoms with Gasteiger partial charge >= 0.3 is 6.18 Å². The second-order valence-electron chi connectivity index (χ2n) is 3.44. The number of oxime groups is 1. The highest BCUT2D eigenvalue weighted by Gasteiger charge is 2.38. The molecule has 0 heterocycles. The minimum Gasteiger partial charge on any atom is -0.364 e. The molecule has 0 radical (unpaired) electrons. The predicted octanol–water partition coefficient (Wildman–Crippen LogP) is 1.36. The fraction of sp³-hybridized carbons (Fsp3) is 0.100. The molecule has 0 aliphatic carbocycles. The minimum absolute atomic E-state index is 0.416. The van der Waals surface area contributed by atoms with Crippen LogP contribution in [0.15, 0.2) is 23.4 Å². The third-order valence-electron chi connectivity index (χ3n) is 2.05. The summed E-state index contributed by atoms with van der Waals surface area (Å²) in [7, 11) is 0. The van der Waals surface area contributed by atoms with E-state index in [4.69, 9.17) is 11.0 Å². The van der Waals surface area contributed by atoms with E-state index in [1.54, 1.807) is 0 Å². The first-order valence-corrected chi connectivity index (χ1v) is 4.97. The number of primary amides is 1. The molecular weight excluding hydrogens is 297 g/mol. The molecule has 0 saturated carbocycles. The second-order valence-corrected chi connectivity index (χ2v) is 3.44. The Balaban J connectivity index is 3.20. The molecule has 1 rings (SSSR count). The molecule has 0 saturated heterocycles. The summed E-state index contributed by atoms with van der Waals surface area (Å²) < 4.78 is 37.6. The maximum atomic E-state index is 12.5. The van der Waals surface area contributed by atoms with Crippen molar-refractivity contribution in [3.05, 3.63) is 33.9 Å². The number of alkyl halides is 3. The quantitative estimate of drug-likeness (QED) is 0.509. The van der Waals surface area contributed by atoms with Crippen LogP contribution in [0.5, 0.6) is 5.75 Å². The summed E-state index contributed by atoms with van der Waals surface area (Å²) >= 11 is 0. The first kappa shape index (κ1) is 15.9. The van der Waals surface area contributed by atoms with Crippen LogP contribution < -0.4 is 10.6 Å². The van der Waals surface area contributed by atoms with Crippen molar-refractivity contribution in [2.75, 3.05) is 0 Å². The van der Waals surface area contributed by atoms with Gasteiger partial charge in [-0.2, -0.15) is 18.4 Å². The minimum atomic E-state index is -4.92. The first-order valence-electron chi connectivity index (χ1n) is 4.97. The van der Waals surface area contributed by atoms with E-state index in [9.17, 15) is 28.1 Å². The molecule has 11 heteroatoms. The average molecular weight is 302 g/mol. The normalized spacial score (nSPS) is 11.6. The SMILES string of the molecule is N#CC(=NOc1ccc(C(F)(F)F)c([N+](=O)[O-])c1)C(N)=O. The number of benzene rings is 1. The number of rotatable bonds is 4. The molecule has 0 atom stereocenters. The van der Waals surface area contributed by atoms with Crippen LogP contribution in [0.4, 0.5) is 18.9 Å². The first-order chi connectivity index (χ1) is 9.66. The third kappa shape index (κ3) is 3.90. The number of nitro benzene ring substituents is 1. The number of hydrogen-bond acceptors (Lipinski definition) is 6. The summed E-state index contributed by atoms with van der Waals surface area (Å²) in [5, 5.41) is 22.0. The van der Waals surface area contributed by atoms with Gasteiger partial charge in [0, 0.05) is 0 Å². The molecule has 1 amide bonds. The van der Waals surface area contributed by atoms with Gasteiger partial charge in [0.1, 0.15) is 11.6 Å². The van der Waals surface area contributed by atoms with Crippen LogP contribution >= 0.6 is 0 Å². The summed E-state index contributed by atoms with van der Waals surface area (Å²) in [6.45, 7) is 0. The highest BCUT2D eigenvalue weighted by atomic mass is 19.4. The van der Waals surface area contributed by atoms with Gasteiger partial charge < -0.3 is 10.6 Å². The number of amides is 1. The van der Waals surface area contributed by atoms with E-state index in [0.717, 1.165) is 6.07 Å². The zero-order chi connectivity index (χ0) is 16.2. The van der Waals surface area contributed by atoms with Crippen LogP contribution in [0.3, 0.4) is 0 Å². The molecule has 1 aromatic rings. The van der Waals surface area contributed by atoms with E-state index in [-0.39, 0.29) is 0 Å². The molecule has 0 bridgehead atoms. The fourth-order valence-electron chi connectivity index (χ4n) is 1.18. The van der Waals surface area contributed by atoms with Crippen molar-refractivity contribution in [3.63, 3.8) is 0 Å². The smallest absolute Gasteiger partial charge is 0.364 e. The van der Waals surface area contributed by atoms with Crippen LogP contribution in [0, 0.1) is 21.4 Å². The molecule has 110 valence electrons. The van der Waals surface area contributed by atoms with E-state index in [2.05, 4.69) is 9.99 Å². The van der Waals surface area contributed by atoms with Gasteiger partial charge in [-0.25, -0.2) is 0 Å². The van der Waals surface area contributed by atoms with Gasteiger partial charge in [0.25, 0.3) is 11.6 Å². The maximum Gasteiger partial charge on any atom is 0.423 e. The summed E-state index contributed by atoms with van der Waals surface area (Å²) in [5.74, 6) is -1.69. The molecule has 0 aliphatic heterocycles. The summed E-state index contributed by atoms with van der Waals surface area (Å²) in [4.78, 5) is 24.5. The Morgan fingerprint density at radius 1 is 1.48 bits per heavy atom. The van der Waals surface area contributed by atoms with Gasteiger partial charge in [-0.3, -0.25) is 14.9 Å². The maximum absolute atomic E-state index is 12.5. The monoisotopic (exact) mass is 302 g/mol. The van der Waals surface area contributed by atoms with E-state index in [1.165, 1.54) is 6.07 Å². The number of nitriles is 1. The second kappa shape index (κ2) is 5.87. The van der Waals surface area contributed by atoms with Gasteiger partial charge in [0.05, 0.1) is 11.0 Å². The van der Waals surface area contributed by atoms with Crippen molar-refractivity contribution < 1.29 is 27.7 Å². The highest BCUT2D eigenvalue weighted by Crippen LogP contribution is 2.37. The topological polar surface area (TPSA) is 132 Å². The van der Waals surface area contributed by atoms with Crippen molar-refractivity contribution in [2.24, 2.45) is 10.9 Å². The van der Waals surface area contributed by atoms with Gasteiger partial charge in [0.2, 0.25) is 5.71 Å². The lowest BCUT2D eigenvalue weighted by atomic mass is 10.1. The number of nitrogens with zero attached hydrogens (tertiary/aromatic N) is 3. The predicted molar refractivity (Wildman–Crippen MR) is 61.0 cm³/mol. The summed E-state index contributed by atoms with van der Waals surface area (Å²) in [6, 6.07) is 2.90. The number of hydrogen-bond donors (Lipinski definition) is 1. The lowest BCUT2D eigenvalue weighted by Gasteiger charge is -2.07. The van der Waals surface area contributed by atoms with Gasteiger partial charge in [0.15, 0.2) is 5.75 Å². The molecule has 8 nitrogen and oxygen atoms in total. The van der Waals surface area contributed by atoms with Gasteiger partial charge in [-0.1, -0.05) is 5.16 Å². The summed E-state index contributed by atoms with van der Waals surface area (Å²) in [6.07, 6.45) is -4.92. The van der Waals surface area contributed by atoms with Crippen LogP contribution in [0.25, 0.3) is 0 Å². The molecule has 0 aliphatic rings. The zero-order valence-corrected chi connectivity index (χ0v) is 9.92. The number of nitrogens with two attached hydrogens (primary N) is 1. The lowest BCUT2D eigenvalue weighted by Crippen LogP contribution is -2.22. The third-order valence-corrected chi connectivity index (χ3v) is 2.05.